The van der Waals surface area contributed by atoms with Crippen LogP contribution in [0, 0.1) is 11.3 Å². The molecular formula is C15H20BrNO. The molecule has 0 bridgehead atoms. The predicted molar refractivity (Wildman–Crippen MR) is 78.1 cm³/mol. The maximum Gasteiger partial charge on any atom is 0.119 e. The molecule has 98 valence electrons. The van der Waals surface area contributed by atoms with Gasteiger partial charge < -0.3 is 4.74 Å². The van der Waals surface area contributed by atoms with E-state index in [4.69, 9.17) is 10.00 Å². The first kappa shape index (κ1) is 15.0. The number of ether oxygens (including phenoxy) is 1. The highest BCUT2D eigenvalue weighted by Gasteiger charge is 1.95. The maximum atomic E-state index is 8.67. The molecule has 0 fully saturated rings. The molecule has 0 aliphatic heterocycles. The van der Waals surface area contributed by atoms with Gasteiger partial charge in [0, 0.05) is 5.33 Å². The summed E-state index contributed by atoms with van der Waals surface area (Å²) in [6.07, 6.45) is 7.56. The van der Waals surface area contributed by atoms with Crippen molar-refractivity contribution in [2.45, 2.75) is 38.5 Å². The molecule has 0 spiro atoms. The maximum absolute atomic E-state index is 8.67. The molecule has 1 rings (SSSR count). The van der Waals surface area contributed by atoms with Crippen LogP contribution in [0.5, 0.6) is 5.75 Å². The van der Waals surface area contributed by atoms with Gasteiger partial charge in [0.15, 0.2) is 0 Å². The first-order chi connectivity index (χ1) is 8.86. The van der Waals surface area contributed by atoms with Gasteiger partial charge in [-0.1, -0.05) is 41.6 Å². The largest absolute Gasteiger partial charge is 0.494 e. The Morgan fingerprint density at radius 3 is 2.17 bits per heavy atom. The van der Waals surface area contributed by atoms with Crippen LogP contribution in [0.3, 0.4) is 0 Å². The first-order valence-corrected chi connectivity index (χ1v) is 7.68. The Labute approximate surface area is 118 Å². The van der Waals surface area contributed by atoms with Gasteiger partial charge in [-0.3, -0.25) is 0 Å². The molecule has 1 aromatic rings. The summed E-state index contributed by atoms with van der Waals surface area (Å²) in [7, 11) is 0. The van der Waals surface area contributed by atoms with Crippen molar-refractivity contribution in [1.29, 1.82) is 5.26 Å². The van der Waals surface area contributed by atoms with Crippen LogP contribution in [0.25, 0.3) is 0 Å². The molecular weight excluding hydrogens is 290 g/mol. The number of nitriles is 1. The summed E-state index contributed by atoms with van der Waals surface area (Å²) in [6, 6.07) is 9.38. The zero-order valence-corrected chi connectivity index (χ0v) is 12.3. The molecule has 2 nitrogen and oxygen atoms in total. The van der Waals surface area contributed by atoms with Gasteiger partial charge in [-0.2, -0.15) is 5.26 Å². The predicted octanol–water partition coefficient (Wildman–Crippen LogP) is 4.67. The Bertz CT molecular complexity index is 356. The van der Waals surface area contributed by atoms with E-state index in [0.29, 0.717) is 5.56 Å². The minimum absolute atomic E-state index is 0.675. The zero-order chi connectivity index (χ0) is 13.1. The van der Waals surface area contributed by atoms with E-state index in [2.05, 4.69) is 22.0 Å². The summed E-state index contributed by atoms with van der Waals surface area (Å²) in [6.45, 7) is 0.768. The molecule has 0 N–H and O–H groups in total. The third-order valence-electron chi connectivity index (χ3n) is 2.78. The fourth-order valence-corrected chi connectivity index (χ4v) is 2.12. The molecule has 0 aromatic heterocycles. The van der Waals surface area contributed by atoms with E-state index in [-0.39, 0.29) is 0 Å². The van der Waals surface area contributed by atoms with Gasteiger partial charge in [0.25, 0.3) is 0 Å². The lowest BCUT2D eigenvalue weighted by Crippen LogP contribution is -1.97. The summed E-state index contributed by atoms with van der Waals surface area (Å²) in [5, 5.41) is 9.79. The normalized spacial score (nSPS) is 10.0. The monoisotopic (exact) mass is 309 g/mol. The Kier molecular flexibility index (Phi) is 8.33. The van der Waals surface area contributed by atoms with Crippen molar-refractivity contribution in [1.82, 2.24) is 0 Å². The molecule has 0 aliphatic rings. The van der Waals surface area contributed by atoms with Crippen molar-refractivity contribution in [3.05, 3.63) is 29.8 Å². The van der Waals surface area contributed by atoms with E-state index >= 15 is 0 Å². The van der Waals surface area contributed by atoms with Crippen molar-refractivity contribution >= 4 is 15.9 Å². The molecule has 3 heteroatoms. The SMILES string of the molecule is N#Cc1ccc(OCCCCCCCCBr)cc1. The lowest BCUT2D eigenvalue weighted by Gasteiger charge is -2.05. The van der Waals surface area contributed by atoms with Crippen LogP contribution in [0.1, 0.15) is 44.1 Å². The van der Waals surface area contributed by atoms with Gasteiger partial charge in [0.1, 0.15) is 5.75 Å². The third-order valence-corrected chi connectivity index (χ3v) is 3.34. The van der Waals surface area contributed by atoms with Crippen LogP contribution in [-0.2, 0) is 0 Å². The zero-order valence-electron chi connectivity index (χ0n) is 10.7. The van der Waals surface area contributed by atoms with Crippen LogP contribution in [0.15, 0.2) is 24.3 Å². The Hall–Kier alpha value is -1.01. The third kappa shape index (κ3) is 6.66. The first-order valence-electron chi connectivity index (χ1n) is 6.56. The summed E-state index contributed by atoms with van der Waals surface area (Å²) in [4.78, 5) is 0. The number of hydrogen-bond acceptors (Lipinski definition) is 2. The number of rotatable bonds is 9. The molecule has 18 heavy (non-hydrogen) atoms. The van der Waals surface area contributed by atoms with Crippen molar-refractivity contribution in [2.24, 2.45) is 0 Å². The van der Waals surface area contributed by atoms with Gasteiger partial charge in [-0.05, 0) is 37.1 Å². The average molecular weight is 310 g/mol. The molecule has 0 saturated heterocycles. The number of hydrogen-bond donors (Lipinski definition) is 0. The van der Waals surface area contributed by atoms with E-state index in [1.54, 1.807) is 12.1 Å². The van der Waals surface area contributed by atoms with Crippen LogP contribution in [-0.4, -0.2) is 11.9 Å². The highest BCUT2D eigenvalue weighted by Crippen LogP contribution is 2.12. The molecule has 0 amide bonds. The van der Waals surface area contributed by atoms with Gasteiger partial charge in [-0.25, -0.2) is 0 Å². The van der Waals surface area contributed by atoms with Crippen LogP contribution in [0.2, 0.25) is 0 Å². The van der Waals surface area contributed by atoms with Crippen molar-refractivity contribution < 1.29 is 4.74 Å². The second-order valence-corrected chi connectivity index (χ2v) is 5.09. The quantitative estimate of drug-likeness (QED) is 0.490. The smallest absolute Gasteiger partial charge is 0.119 e. The molecule has 0 atom stereocenters. The summed E-state index contributed by atoms with van der Waals surface area (Å²) >= 11 is 3.44. The Balaban J connectivity index is 2.02. The van der Waals surface area contributed by atoms with E-state index in [1.165, 1.54) is 32.1 Å². The highest BCUT2D eigenvalue weighted by molar-refractivity contribution is 9.09. The summed E-state index contributed by atoms with van der Waals surface area (Å²) in [5.41, 5.74) is 0.675. The molecule has 0 radical (unpaired) electrons. The average Bonchev–Trinajstić information content (AvgIpc) is 2.42. The highest BCUT2D eigenvalue weighted by atomic mass is 79.9. The number of halogens is 1. The van der Waals surface area contributed by atoms with Crippen LogP contribution < -0.4 is 4.74 Å². The summed E-state index contributed by atoms with van der Waals surface area (Å²) in [5.74, 6) is 0.855. The molecule has 0 aliphatic carbocycles. The molecule has 0 unspecified atom stereocenters. The van der Waals surface area contributed by atoms with Gasteiger partial charge in [0.05, 0.1) is 18.2 Å². The van der Waals surface area contributed by atoms with E-state index in [9.17, 15) is 0 Å². The second kappa shape index (κ2) is 9.96. The van der Waals surface area contributed by atoms with Crippen molar-refractivity contribution in [3.63, 3.8) is 0 Å². The summed E-state index contributed by atoms with van der Waals surface area (Å²) < 4.78 is 5.62. The fraction of sp³-hybridized carbons (Fsp3) is 0.533. The van der Waals surface area contributed by atoms with E-state index in [1.807, 2.05) is 12.1 Å². The fourth-order valence-electron chi connectivity index (χ4n) is 1.72. The van der Waals surface area contributed by atoms with Crippen LogP contribution >= 0.6 is 15.9 Å². The minimum Gasteiger partial charge on any atom is -0.494 e. The second-order valence-electron chi connectivity index (χ2n) is 4.29. The van der Waals surface area contributed by atoms with E-state index < -0.39 is 0 Å². The van der Waals surface area contributed by atoms with Gasteiger partial charge in [0.2, 0.25) is 0 Å². The standard InChI is InChI=1S/C15H20BrNO/c16-11-5-3-1-2-4-6-12-18-15-9-7-14(13-17)8-10-15/h7-10H,1-6,11-12H2. The van der Waals surface area contributed by atoms with Crippen molar-refractivity contribution in [2.75, 3.05) is 11.9 Å². The van der Waals surface area contributed by atoms with Gasteiger partial charge in [-0.15, -0.1) is 0 Å². The Morgan fingerprint density at radius 2 is 1.56 bits per heavy atom. The topological polar surface area (TPSA) is 33.0 Å². The molecule has 0 saturated carbocycles. The molecule has 0 heterocycles. The van der Waals surface area contributed by atoms with Gasteiger partial charge >= 0.3 is 0 Å². The number of benzene rings is 1. The Morgan fingerprint density at radius 1 is 0.944 bits per heavy atom. The van der Waals surface area contributed by atoms with Crippen molar-refractivity contribution in [3.8, 4) is 11.8 Å². The molecule has 1 aromatic carbocycles. The van der Waals surface area contributed by atoms with E-state index in [0.717, 1.165) is 24.1 Å². The number of nitrogens with zero attached hydrogens (tertiary/aromatic N) is 1. The lowest BCUT2D eigenvalue weighted by atomic mass is 10.1. The number of unbranched alkanes of at least 4 members (excludes halogenated alkanes) is 5. The number of alkyl halides is 1. The minimum atomic E-state index is 0.675. The lowest BCUT2D eigenvalue weighted by molar-refractivity contribution is 0.304. The van der Waals surface area contributed by atoms with Crippen LogP contribution in [0.4, 0.5) is 0 Å².